The summed E-state index contributed by atoms with van der Waals surface area (Å²) in [7, 11) is 3.30. The van der Waals surface area contributed by atoms with Gasteiger partial charge in [-0.2, -0.15) is 0 Å². The molecule has 4 nitrogen and oxygen atoms in total. The molecule has 2 rings (SSSR count). The average Bonchev–Trinajstić information content (AvgIpc) is 2.86. The maximum Gasteiger partial charge on any atom is 0.124 e. The highest BCUT2D eigenvalue weighted by atomic mass is 32.1. The minimum absolute atomic E-state index is 0.108. The van der Waals surface area contributed by atoms with E-state index in [1.807, 2.05) is 18.2 Å². The highest BCUT2D eigenvalue weighted by molar-refractivity contribution is 7.12. The van der Waals surface area contributed by atoms with Crippen molar-refractivity contribution in [2.75, 3.05) is 14.2 Å². The Kier molecular flexibility index (Phi) is 4.42. The van der Waals surface area contributed by atoms with Gasteiger partial charge in [0.2, 0.25) is 0 Å². The van der Waals surface area contributed by atoms with Gasteiger partial charge in [-0.15, -0.1) is 11.3 Å². The lowest BCUT2D eigenvalue weighted by molar-refractivity contribution is 0.394. The normalized spacial score (nSPS) is 12.2. The Hall–Kier alpha value is -1.56. The van der Waals surface area contributed by atoms with Gasteiger partial charge in [-0.25, -0.2) is 5.43 Å². The number of hydrazine groups is 1. The first kappa shape index (κ1) is 13.9. The third-order valence-electron chi connectivity index (χ3n) is 2.96. The Bertz CT molecular complexity index is 554. The van der Waals surface area contributed by atoms with E-state index in [0.717, 1.165) is 21.9 Å². The van der Waals surface area contributed by atoms with E-state index in [4.69, 9.17) is 15.3 Å². The number of ether oxygens (including phenoxy) is 2. The summed E-state index contributed by atoms with van der Waals surface area (Å²) < 4.78 is 10.7. The number of hydrogen-bond donors (Lipinski definition) is 2. The number of nitrogens with two attached hydrogens (primary N) is 1. The van der Waals surface area contributed by atoms with Gasteiger partial charge in [0.1, 0.15) is 11.5 Å². The van der Waals surface area contributed by atoms with E-state index in [1.165, 1.54) is 4.88 Å². The Labute approximate surface area is 117 Å². The summed E-state index contributed by atoms with van der Waals surface area (Å²) in [5, 5.41) is 0. The van der Waals surface area contributed by atoms with Gasteiger partial charge in [0.25, 0.3) is 0 Å². The van der Waals surface area contributed by atoms with Crippen LogP contribution >= 0.6 is 11.3 Å². The first-order valence-corrected chi connectivity index (χ1v) is 6.75. The fourth-order valence-corrected chi connectivity index (χ4v) is 2.96. The SMILES string of the molecule is COc1ccc(OC)c(C(NN)c2ccc(C)s2)c1. The van der Waals surface area contributed by atoms with E-state index in [9.17, 15) is 0 Å². The van der Waals surface area contributed by atoms with Crippen LogP contribution in [0.4, 0.5) is 0 Å². The van der Waals surface area contributed by atoms with Gasteiger partial charge in [-0.3, -0.25) is 5.84 Å². The third kappa shape index (κ3) is 2.89. The van der Waals surface area contributed by atoms with E-state index >= 15 is 0 Å². The molecule has 5 heteroatoms. The lowest BCUT2D eigenvalue weighted by Gasteiger charge is -2.18. The second-order valence-electron chi connectivity index (χ2n) is 4.16. The highest BCUT2D eigenvalue weighted by Gasteiger charge is 2.19. The van der Waals surface area contributed by atoms with Crippen LogP contribution in [0.5, 0.6) is 11.5 Å². The molecule has 19 heavy (non-hydrogen) atoms. The predicted molar refractivity (Wildman–Crippen MR) is 77.8 cm³/mol. The Morgan fingerprint density at radius 3 is 2.47 bits per heavy atom. The molecule has 2 aromatic rings. The lowest BCUT2D eigenvalue weighted by Crippen LogP contribution is -2.28. The van der Waals surface area contributed by atoms with Crippen molar-refractivity contribution in [3.05, 3.63) is 45.6 Å². The monoisotopic (exact) mass is 278 g/mol. The number of benzene rings is 1. The number of methoxy groups -OCH3 is 2. The molecular formula is C14H18N2O2S. The standard InChI is InChI=1S/C14H18N2O2S/c1-9-4-7-13(19-9)14(16-15)11-8-10(17-2)5-6-12(11)18-3/h4-8,14,16H,15H2,1-3H3. The molecule has 1 aromatic carbocycles. The third-order valence-corrected chi connectivity index (χ3v) is 4.03. The zero-order chi connectivity index (χ0) is 13.8. The molecule has 0 fully saturated rings. The largest absolute Gasteiger partial charge is 0.497 e. The second kappa shape index (κ2) is 6.06. The molecule has 3 N–H and O–H groups in total. The highest BCUT2D eigenvalue weighted by Crippen LogP contribution is 2.35. The molecule has 0 saturated heterocycles. The summed E-state index contributed by atoms with van der Waals surface area (Å²) in [5.74, 6) is 7.29. The molecule has 1 heterocycles. The van der Waals surface area contributed by atoms with Gasteiger partial charge in [0.15, 0.2) is 0 Å². The molecule has 0 radical (unpaired) electrons. The van der Waals surface area contributed by atoms with E-state index in [1.54, 1.807) is 25.6 Å². The van der Waals surface area contributed by atoms with Crippen LogP contribution in [0.15, 0.2) is 30.3 Å². The van der Waals surface area contributed by atoms with Gasteiger partial charge in [0, 0.05) is 15.3 Å². The van der Waals surface area contributed by atoms with Crippen molar-refractivity contribution in [2.24, 2.45) is 5.84 Å². The topological polar surface area (TPSA) is 56.5 Å². The smallest absolute Gasteiger partial charge is 0.124 e. The van der Waals surface area contributed by atoms with Crippen LogP contribution in [0.25, 0.3) is 0 Å². The number of rotatable bonds is 5. The molecule has 0 aliphatic rings. The summed E-state index contributed by atoms with van der Waals surface area (Å²) in [6.07, 6.45) is 0. The summed E-state index contributed by atoms with van der Waals surface area (Å²) in [6, 6.07) is 9.75. The van der Waals surface area contributed by atoms with Crippen molar-refractivity contribution < 1.29 is 9.47 Å². The van der Waals surface area contributed by atoms with Crippen LogP contribution in [0.1, 0.15) is 21.4 Å². The average molecular weight is 278 g/mol. The van der Waals surface area contributed by atoms with Crippen LogP contribution in [0.2, 0.25) is 0 Å². The molecule has 0 amide bonds. The van der Waals surface area contributed by atoms with Gasteiger partial charge in [-0.05, 0) is 37.3 Å². The summed E-state index contributed by atoms with van der Waals surface area (Å²) in [6.45, 7) is 2.07. The molecule has 0 saturated carbocycles. The second-order valence-corrected chi connectivity index (χ2v) is 5.48. The first-order valence-electron chi connectivity index (χ1n) is 5.94. The van der Waals surface area contributed by atoms with E-state index < -0.39 is 0 Å². The molecule has 0 aliphatic carbocycles. The molecule has 102 valence electrons. The molecule has 1 atom stereocenters. The fraction of sp³-hybridized carbons (Fsp3) is 0.286. The molecule has 1 aromatic heterocycles. The van der Waals surface area contributed by atoms with E-state index in [2.05, 4.69) is 24.5 Å². The van der Waals surface area contributed by atoms with Gasteiger partial charge < -0.3 is 9.47 Å². The minimum Gasteiger partial charge on any atom is -0.497 e. The fourth-order valence-electron chi connectivity index (χ4n) is 2.00. The van der Waals surface area contributed by atoms with Crippen molar-refractivity contribution >= 4 is 11.3 Å². The van der Waals surface area contributed by atoms with Gasteiger partial charge in [-0.1, -0.05) is 0 Å². The maximum atomic E-state index is 5.72. The van der Waals surface area contributed by atoms with Gasteiger partial charge >= 0.3 is 0 Å². The maximum absolute atomic E-state index is 5.72. The Morgan fingerprint density at radius 2 is 1.95 bits per heavy atom. The van der Waals surface area contributed by atoms with Gasteiger partial charge in [0.05, 0.1) is 20.3 Å². The Morgan fingerprint density at radius 1 is 1.16 bits per heavy atom. The number of hydrogen-bond acceptors (Lipinski definition) is 5. The van der Waals surface area contributed by atoms with E-state index in [-0.39, 0.29) is 6.04 Å². The molecule has 0 bridgehead atoms. The van der Waals surface area contributed by atoms with Crippen LogP contribution in [0, 0.1) is 6.92 Å². The van der Waals surface area contributed by atoms with Crippen molar-refractivity contribution in [2.45, 2.75) is 13.0 Å². The van der Waals surface area contributed by atoms with Crippen LogP contribution < -0.4 is 20.7 Å². The Balaban J connectivity index is 2.47. The molecule has 0 spiro atoms. The van der Waals surface area contributed by atoms with Crippen molar-refractivity contribution in [3.8, 4) is 11.5 Å². The minimum atomic E-state index is -0.108. The molecule has 0 aliphatic heterocycles. The number of thiophene rings is 1. The quantitative estimate of drug-likeness (QED) is 0.652. The molecule has 1 unspecified atom stereocenters. The summed E-state index contributed by atoms with van der Waals surface area (Å²) in [4.78, 5) is 2.39. The van der Waals surface area contributed by atoms with E-state index in [0.29, 0.717) is 0 Å². The molecular weight excluding hydrogens is 260 g/mol. The zero-order valence-electron chi connectivity index (χ0n) is 11.3. The number of aryl methyl sites for hydroxylation is 1. The zero-order valence-corrected chi connectivity index (χ0v) is 12.1. The van der Waals surface area contributed by atoms with Crippen LogP contribution in [0.3, 0.4) is 0 Å². The number of nitrogens with one attached hydrogen (secondary N) is 1. The van der Waals surface area contributed by atoms with Crippen LogP contribution in [-0.4, -0.2) is 14.2 Å². The lowest BCUT2D eigenvalue weighted by atomic mass is 10.0. The summed E-state index contributed by atoms with van der Waals surface area (Å²) >= 11 is 1.71. The van der Waals surface area contributed by atoms with Crippen molar-refractivity contribution in [1.29, 1.82) is 0 Å². The van der Waals surface area contributed by atoms with Crippen molar-refractivity contribution in [3.63, 3.8) is 0 Å². The predicted octanol–water partition coefficient (Wildman–Crippen LogP) is 2.63. The summed E-state index contributed by atoms with van der Waals surface area (Å²) in [5.41, 5.74) is 3.81. The first-order chi connectivity index (χ1) is 9.19. The van der Waals surface area contributed by atoms with Crippen molar-refractivity contribution in [1.82, 2.24) is 5.43 Å². The van der Waals surface area contributed by atoms with Crippen LogP contribution in [-0.2, 0) is 0 Å².